The van der Waals surface area contributed by atoms with Crippen molar-refractivity contribution in [3.8, 4) is 0 Å². The number of esters is 2. The standard InChI is InChI=1S/C54H74O4P.BrH/c1-37(2)43-29-32-54(49(56)57-9)34-33-52(7)44(47(43)54)27-28-46-51(6)36-39(48(58-38(3)55)50(4,5)45(51)30-31-53(46,52)8)20-19-35-59(40-21-13-10-14-22-40,41-23-15-11-16-24-41)42-25-17-12-18-26-42;/h10-18,21-26,37,39,43-48H,19-20,27-36H2,1-9H3;1H/q+1;/p-1/t39-,43-,44+,45-,46+,47+,48+,51-,52+,53+,54-;/m0./s1. The van der Waals surface area contributed by atoms with Crippen molar-refractivity contribution >= 4 is 35.1 Å². The Kier molecular flexibility index (Phi) is 12.8. The minimum Gasteiger partial charge on any atom is -1.00 e. The number of benzene rings is 3. The summed E-state index contributed by atoms with van der Waals surface area (Å²) in [5.74, 6) is 3.37. The molecule has 0 spiro atoms. The van der Waals surface area contributed by atoms with Gasteiger partial charge in [0.05, 0.1) is 18.7 Å². The molecular formula is C54H74BrO4P. The second-order valence-electron chi connectivity index (χ2n) is 21.8. The molecule has 3 aromatic carbocycles. The molecule has 0 heterocycles. The van der Waals surface area contributed by atoms with Gasteiger partial charge in [0.1, 0.15) is 29.3 Å². The van der Waals surface area contributed by atoms with Crippen LogP contribution in [0.25, 0.3) is 0 Å². The zero-order valence-corrected chi connectivity index (χ0v) is 40.7. The summed E-state index contributed by atoms with van der Waals surface area (Å²) in [7, 11) is -0.356. The fraction of sp³-hybridized carbons (Fsp3) is 0.630. The van der Waals surface area contributed by atoms with Crippen molar-refractivity contribution in [3.05, 3.63) is 91.0 Å². The van der Waals surface area contributed by atoms with Gasteiger partial charge in [-0.25, -0.2) is 0 Å². The van der Waals surface area contributed by atoms with Gasteiger partial charge in [0.15, 0.2) is 0 Å². The first-order valence-electron chi connectivity index (χ1n) is 23.4. The highest BCUT2D eigenvalue weighted by atomic mass is 79.9. The minimum atomic E-state index is -1.98. The van der Waals surface area contributed by atoms with Crippen LogP contribution in [0.1, 0.15) is 126 Å². The summed E-state index contributed by atoms with van der Waals surface area (Å²) in [6.45, 7) is 19.4. The Morgan fingerprint density at radius 2 is 1.28 bits per heavy atom. The SMILES string of the molecule is COC(=O)[C@]12CC[C@@H](C(C)C)[C@@H]1[C@H]1CC[C@@H]3[C@@]4(C)C[C@H](CCC[P+](c5ccccc5)(c5ccccc5)c5ccccc5)[C@@H](OC(C)=O)C(C)(C)[C@@H]4CC[C@@]3(C)[C@]1(C)CC2.[Br-]. The summed E-state index contributed by atoms with van der Waals surface area (Å²) in [6.07, 6.45) is 13.3. The molecule has 11 atom stereocenters. The Hall–Kier alpha value is -2.49. The van der Waals surface area contributed by atoms with Crippen molar-refractivity contribution in [3.63, 3.8) is 0 Å². The number of fused-ring (bicyclic) bond motifs is 7. The van der Waals surface area contributed by atoms with Crippen LogP contribution in [0, 0.1) is 68.5 Å². The van der Waals surface area contributed by atoms with Gasteiger partial charge in [-0.15, -0.1) is 0 Å². The number of halogens is 1. The fourth-order valence-electron chi connectivity index (χ4n) is 16.5. The highest BCUT2D eigenvalue weighted by Crippen LogP contribution is 2.78. The molecule has 0 amide bonds. The number of ether oxygens (including phenoxy) is 2. The van der Waals surface area contributed by atoms with E-state index in [2.05, 4.69) is 139 Å². The Bertz CT molecular complexity index is 1870. The zero-order valence-electron chi connectivity index (χ0n) is 38.2. The van der Waals surface area contributed by atoms with Crippen molar-refractivity contribution in [1.29, 1.82) is 0 Å². The number of hydrogen-bond donors (Lipinski definition) is 0. The van der Waals surface area contributed by atoms with Crippen LogP contribution in [-0.4, -0.2) is 31.3 Å². The topological polar surface area (TPSA) is 52.6 Å². The number of hydrogen-bond acceptors (Lipinski definition) is 4. The first kappa shape index (κ1) is 45.5. The van der Waals surface area contributed by atoms with Crippen LogP contribution in [0.3, 0.4) is 0 Å². The number of carbonyl (C=O) groups excluding carboxylic acids is 2. The lowest BCUT2D eigenvalue weighted by Gasteiger charge is -2.73. The molecule has 60 heavy (non-hydrogen) atoms. The van der Waals surface area contributed by atoms with Crippen molar-refractivity contribution in [2.75, 3.05) is 13.3 Å². The van der Waals surface area contributed by atoms with Crippen LogP contribution in [0.5, 0.6) is 0 Å². The molecular weight excluding hydrogens is 823 g/mol. The second-order valence-corrected chi connectivity index (χ2v) is 25.4. The molecule has 5 saturated carbocycles. The molecule has 326 valence electrons. The predicted octanol–water partition coefficient (Wildman–Crippen LogP) is 8.83. The van der Waals surface area contributed by atoms with E-state index >= 15 is 0 Å². The van der Waals surface area contributed by atoms with E-state index in [0.29, 0.717) is 35.5 Å². The first-order valence-corrected chi connectivity index (χ1v) is 25.4. The molecule has 8 rings (SSSR count). The van der Waals surface area contributed by atoms with Gasteiger partial charge < -0.3 is 26.5 Å². The van der Waals surface area contributed by atoms with Crippen LogP contribution in [-0.2, 0) is 19.1 Å². The average molecular weight is 898 g/mol. The highest BCUT2D eigenvalue weighted by molar-refractivity contribution is 7.95. The summed E-state index contributed by atoms with van der Waals surface area (Å²) in [5.41, 5.74) is 0.0106. The Labute approximate surface area is 374 Å². The summed E-state index contributed by atoms with van der Waals surface area (Å²) in [6, 6.07) is 33.9. The van der Waals surface area contributed by atoms with E-state index in [0.717, 1.165) is 51.1 Å². The van der Waals surface area contributed by atoms with E-state index < -0.39 is 7.26 Å². The number of methoxy groups -OCH3 is 1. The molecule has 0 N–H and O–H groups in total. The van der Waals surface area contributed by atoms with E-state index in [1.165, 1.54) is 41.6 Å². The maximum atomic E-state index is 13.9. The fourth-order valence-corrected chi connectivity index (χ4v) is 20.8. The highest BCUT2D eigenvalue weighted by Gasteiger charge is 2.73. The largest absolute Gasteiger partial charge is 1.00 e. The molecule has 5 aliphatic rings. The zero-order chi connectivity index (χ0) is 42.0. The van der Waals surface area contributed by atoms with Gasteiger partial charge in [-0.2, -0.15) is 0 Å². The lowest BCUT2D eigenvalue weighted by molar-refractivity contribution is -0.261. The normalized spacial score (nSPS) is 36.7. The van der Waals surface area contributed by atoms with Gasteiger partial charge in [0.2, 0.25) is 0 Å². The number of carbonyl (C=O) groups is 2. The lowest BCUT2D eigenvalue weighted by atomic mass is 9.31. The van der Waals surface area contributed by atoms with Crippen molar-refractivity contribution in [2.45, 2.75) is 132 Å². The Balaban J connectivity index is 0.00000544. The second kappa shape index (κ2) is 16.9. The van der Waals surface area contributed by atoms with Crippen LogP contribution in [0.4, 0.5) is 0 Å². The van der Waals surface area contributed by atoms with E-state index in [1.54, 1.807) is 14.0 Å². The van der Waals surface area contributed by atoms with Crippen molar-refractivity contribution < 1.29 is 36.0 Å². The third-order valence-corrected chi connectivity index (χ3v) is 23.4. The van der Waals surface area contributed by atoms with E-state index in [-0.39, 0.29) is 68.0 Å². The Morgan fingerprint density at radius 3 is 1.80 bits per heavy atom. The molecule has 5 fully saturated rings. The molecule has 6 heteroatoms. The summed E-state index contributed by atoms with van der Waals surface area (Å²) in [4.78, 5) is 26.9. The van der Waals surface area contributed by atoms with Gasteiger partial charge in [0, 0.05) is 12.3 Å². The maximum Gasteiger partial charge on any atom is 0.312 e. The minimum absolute atomic E-state index is 0. The van der Waals surface area contributed by atoms with Crippen LogP contribution >= 0.6 is 7.26 Å². The van der Waals surface area contributed by atoms with Crippen LogP contribution in [0.15, 0.2) is 91.0 Å². The van der Waals surface area contributed by atoms with Crippen molar-refractivity contribution in [2.24, 2.45) is 68.5 Å². The monoisotopic (exact) mass is 896 g/mol. The summed E-state index contributed by atoms with van der Waals surface area (Å²) >= 11 is 0. The molecule has 0 aliphatic heterocycles. The van der Waals surface area contributed by atoms with Crippen LogP contribution in [0.2, 0.25) is 0 Å². The van der Waals surface area contributed by atoms with Gasteiger partial charge in [-0.1, -0.05) is 103 Å². The number of rotatable bonds is 10. The maximum absolute atomic E-state index is 13.9. The molecule has 5 aliphatic carbocycles. The third-order valence-electron chi connectivity index (χ3n) is 18.9. The Morgan fingerprint density at radius 1 is 0.717 bits per heavy atom. The van der Waals surface area contributed by atoms with E-state index in [4.69, 9.17) is 9.47 Å². The summed E-state index contributed by atoms with van der Waals surface area (Å²) < 4.78 is 12.2. The van der Waals surface area contributed by atoms with E-state index in [9.17, 15) is 9.59 Å². The molecule has 3 aromatic rings. The molecule has 0 radical (unpaired) electrons. The van der Waals surface area contributed by atoms with Gasteiger partial charge >= 0.3 is 11.9 Å². The average Bonchev–Trinajstić information content (AvgIpc) is 3.63. The lowest BCUT2D eigenvalue weighted by Crippen LogP contribution is -3.00. The third kappa shape index (κ3) is 6.91. The molecule has 0 saturated heterocycles. The first-order chi connectivity index (χ1) is 28.1. The van der Waals surface area contributed by atoms with E-state index in [1.807, 2.05) is 0 Å². The van der Waals surface area contributed by atoms with Gasteiger partial charge in [0.25, 0.3) is 0 Å². The molecule has 0 bridgehead atoms. The smallest absolute Gasteiger partial charge is 0.312 e. The predicted molar refractivity (Wildman–Crippen MR) is 245 cm³/mol. The van der Waals surface area contributed by atoms with Crippen LogP contribution < -0.4 is 32.9 Å². The molecule has 4 nitrogen and oxygen atoms in total. The quantitative estimate of drug-likeness (QED) is 0.151. The van der Waals surface area contributed by atoms with Gasteiger partial charge in [-0.3, -0.25) is 9.59 Å². The molecule has 0 unspecified atom stereocenters. The molecule has 0 aromatic heterocycles. The van der Waals surface area contributed by atoms with Crippen molar-refractivity contribution in [1.82, 2.24) is 0 Å². The summed E-state index contributed by atoms with van der Waals surface area (Å²) in [5, 5.41) is 4.30. The van der Waals surface area contributed by atoms with Gasteiger partial charge in [-0.05, 0) is 165 Å².